The number of nitrogens with zero attached hydrogens (tertiary/aromatic N) is 2. The molecule has 1 amide bonds. The minimum atomic E-state index is -0.456. The van der Waals surface area contributed by atoms with E-state index in [1.165, 1.54) is 11.3 Å². The quantitative estimate of drug-likeness (QED) is 0.471. The van der Waals surface area contributed by atoms with Crippen molar-refractivity contribution in [2.24, 2.45) is 0 Å². The molecule has 27 heavy (non-hydrogen) atoms. The number of halogens is 2. The number of rotatable bonds is 4. The Hall–Kier alpha value is -2.61. The van der Waals surface area contributed by atoms with Crippen LogP contribution in [0.4, 0.5) is 5.13 Å². The van der Waals surface area contributed by atoms with Crippen molar-refractivity contribution in [2.75, 3.05) is 12.4 Å². The molecule has 4 aromatic rings. The van der Waals surface area contributed by atoms with E-state index in [1.807, 2.05) is 24.3 Å². The first-order chi connectivity index (χ1) is 13.0. The molecule has 0 fully saturated rings. The number of anilines is 1. The summed E-state index contributed by atoms with van der Waals surface area (Å²) in [6.07, 6.45) is 0. The highest BCUT2D eigenvalue weighted by Crippen LogP contribution is 2.33. The molecule has 0 unspecified atom stereocenters. The van der Waals surface area contributed by atoms with E-state index in [2.05, 4.69) is 15.5 Å². The van der Waals surface area contributed by atoms with E-state index in [0.717, 1.165) is 11.1 Å². The van der Waals surface area contributed by atoms with Gasteiger partial charge in [0, 0.05) is 5.39 Å². The maximum absolute atomic E-state index is 12.4. The molecule has 0 spiro atoms. The molecular weight excluding hydrogens is 409 g/mol. The first-order valence-corrected chi connectivity index (χ1v) is 9.29. The summed E-state index contributed by atoms with van der Waals surface area (Å²) in [7, 11) is 1.60. The maximum Gasteiger partial charge on any atom is 0.260 e. The molecule has 4 rings (SSSR count). The number of aromatic nitrogens is 2. The zero-order chi connectivity index (χ0) is 19.0. The van der Waals surface area contributed by atoms with Crippen molar-refractivity contribution in [1.29, 1.82) is 0 Å². The van der Waals surface area contributed by atoms with Crippen LogP contribution in [0, 0.1) is 0 Å². The fraction of sp³-hybridized carbons (Fsp3) is 0.0556. The summed E-state index contributed by atoms with van der Waals surface area (Å²) in [6, 6.07) is 12.2. The van der Waals surface area contributed by atoms with Crippen LogP contribution in [0.3, 0.4) is 0 Å². The summed E-state index contributed by atoms with van der Waals surface area (Å²) in [4.78, 5) is 12.4. The van der Waals surface area contributed by atoms with Crippen LogP contribution in [0.5, 0.6) is 5.75 Å². The Balaban J connectivity index is 1.59. The summed E-state index contributed by atoms with van der Waals surface area (Å²) in [5.74, 6) is 0.825. The lowest BCUT2D eigenvalue weighted by atomic mass is 10.2. The number of nitrogens with one attached hydrogen (secondary N) is 1. The molecule has 0 aliphatic rings. The summed E-state index contributed by atoms with van der Waals surface area (Å²) >= 11 is 13.3. The SMILES string of the molecule is COc1ccc2oc(-c3nnc(NC(=O)c4c(Cl)cccc4Cl)s3)cc2c1. The molecule has 6 nitrogen and oxygen atoms in total. The fourth-order valence-corrected chi connectivity index (χ4v) is 3.76. The summed E-state index contributed by atoms with van der Waals surface area (Å²) < 4.78 is 11.0. The van der Waals surface area contributed by atoms with Crippen LogP contribution >= 0.6 is 34.5 Å². The smallest absolute Gasteiger partial charge is 0.260 e. The molecule has 2 aromatic heterocycles. The van der Waals surface area contributed by atoms with Crippen LogP contribution in [0.15, 0.2) is 46.9 Å². The monoisotopic (exact) mass is 419 g/mol. The predicted octanol–water partition coefficient (Wildman–Crippen LogP) is 5.52. The average Bonchev–Trinajstić information content (AvgIpc) is 3.27. The average molecular weight is 420 g/mol. The third-order valence-electron chi connectivity index (χ3n) is 3.77. The number of amides is 1. The number of furan rings is 1. The Morgan fingerprint density at radius 1 is 1.15 bits per heavy atom. The highest BCUT2D eigenvalue weighted by Gasteiger charge is 2.18. The number of carbonyl (C=O) groups is 1. The van der Waals surface area contributed by atoms with Gasteiger partial charge in [0.25, 0.3) is 5.91 Å². The second kappa shape index (κ2) is 7.19. The third kappa shape index (κ3) is 3.49. The zero-order valence-electron chi connectivity index (χ0n) is 13.8. The van der Waals surface area contributed by atoms with Crippen LogP contribution < -0.4 is 10.1 Å². The van der Waals surface area contributed by atoms with Gasteiger partial charge in [-0.2, -0.15) is 0 Å². The van der Waals surface area contributed by atoms with Gasteiger partial charge in [0.2, 0.25) is 5.13 Å². The number of carbonyl (C=O) groups excluding carboxylic acids is 1. The first kappa shape index (κ1) is 17.8. The van der Waals surface area contributed by atoms with Gasteiger partial charge in [-0.1, -0.05) is 40.6 Å². The Labute approximate surface area is 167 Å². The molecule has 0 bridgehead atoms. The Bertz CT molecular complexity index is 1140. The largest absolute Gasteiger partial charge is 0.497 e. The molecule has 0 saturated carbocycles. The van der Waals surface area contributed by atoms with Crippen molar-refractivity contribution in [3.8, 4) is 16.5 Å². The number of hydrogen-bond donors (Lipinski definition) is 1. The van der Waals surface area contributed by atoms with Gasteiger partial charge in [-0.3, -0.25) is 10.1 Å². The van der Waals surface area contributed by atoms with Gasteiger partial charge < -0.3 is 9.15 Å². The molecule has 136 valence electrons. The van der Waals surface area contributed by atoms with Crippen LogP contribution in [-0.4, -0.2) is 23.2 Å². The second-order valence-corrected chi connectivity index (χ2v) is 7.27. The summed E-state index contributed by atoms with van der Waals surface area (Å²) in [5.41, 5.74) is 0.892. The van der Waals surface area contributed by atoms with Gasteiger partial charge >= 0.3 is 0 Å². The van der Waals surface area contributed by atoms with E-state index in [9.17, 15) is 4.79 Å². The highest BCUT2D eigenvalue weighted by molar-refractivity contribution is 7.18. The molecule has 2 aromatic carbocycles. The van der Waals surface area contributed by atoms with Crippen molar-refractivity contribution < 1.29 is 13.9 Å². The molecule has 0 aliphatic heterocycles. The highest BCUT2D eigenvalue weighted by atomic mass is 35.5. The first-order valence-electron chi connectivity index (χ1n) is 7.72. The second-order valence-electron chi connectivity index (χ2n) is 5.48. The fourth-order valence-electron chi connectivity index (χ4n) is 2.50. The van der Waals surface area contributed by atoms with Crippen LogP contribution in [0.2, 0.25) is 10.0 Å². The summed E-state index contributed by atoms with van der Waals surface area (Å²) in [5, 5.41) is 13.0. The van der Waals surface area contributed by atoms with Crippen LogP contribution in [0.1, 0.15) is 10.4 Å². The van der Waals surface area contributed by atoms with E-state index in [-0.39, 0.29) is 15.6 Å². The van der Waals surface area contributed by atoms with Gasteiger partial charge in [-0.15, -0.1) is 10.2 Å². The van der Waals surface area contributed by atoms with E-state index < -0.39 is 5.91 Å². The van der Waals surface area contributed by atoms with E-state index in [4.69, 9.17) is 32.4 Å². The van der Waals surface area contributed by atoms with Crippen LogP contribution in [0.25, 0.3) is 21.7 Å². The van der Waals surface area contributed by atoms with Gasteiger partial charge in [0.15, 0.2) is 10.8 Å². The third-order valence-corrected chi connectivity index (χ3v) is 5.25. The molecule has 0 atom stereocenters. The van der Waals surface area contributed by atoms with Gasteiger partial charge in [-0.05, 0) is 36.4 Å². The molecular formula is C18H11Cl2N3O3S. The minimum absolute atomic E-state index is 0.188. The lowest BCUT2D eigenvalue weighted by Gasteiger charge is -2.05. The molecule has 0 saturated heterocycles. The molecule has 9 heteroatoms. The molecule has 0 radical (unpaired) electrons. The van der Waals surface area contributed by atoms with Crippen LogP contribution in [-0.2, 0) is 0 Å². The number of hydrogen-bond acceptors (Lipinski definition) is 6. The Morgan fingerprint density at radius 2 is 1.93 bits per heavy atom. The number of methoxy groups -OCH3 is 1. The molecule has 2 heterocycles. The lowest BCUT2D eigenvalue weighted by molar-refractivity contribution is 0.102. The Kier molecular flexibility index (Phi) is 4.73. The van der Waals surface area contributed by atoms with Crippen molar-refractivity contribution in [3.63, 3.8) is 0 Å². The molecule has 1 N–H and O–H groups in total. The topological polar surface area (TPSA) is 77.2 Å². The number of fused-ring (bicyclic) bond motifs is 1. The maximum atomic E-state index is 12.4. The predicted molar refractivity (Wildman–Crippen MR) is 106 cm³/mol. The van der Waals surface area contributed by atoms with E-state index >= 15 is 0 Å². The Morgan fingerprint density at radius 3 is 2.67 bits per heavy atom. The van der Waals surface area contributed by atoms with E-state index in [0.29, 0.717) is 21.5 Å². The summed E-state index contributed by atoms with van der Waals surface area (Å²) in [6.45, 7) is 0. The van der Waals surface area contributed by atoms with Gasteiger partial charge in [0.1, 0.15) is 11.3 Å². The number of benzene rings is 2. The molecule has 0 aliphatic carbocycles. The zero-order valence-corrected chi connectivity index (χ0v) is 16.2. The van der Waals surface area contributed by atoms with Gasteiger partial charge in [0.05, 0.1) is 22.7 Å². The van der Waals surface area contributed by atoms with Crippen molar-refractivity contribution in [1.82, 2.24) is 10.2 Å². The van der Waals surface area contributed by atoms with E-state index in [1.54, 1.807) is 25.3 Å². The van der Waals surface area contributed by atoms with Gasteiger partial charge in [-0.25, -0.2) is 0 Å². The normalized spacial score (nSPS) is 10.9. The van der Waals surface area contributed by atoms with Crippen molar-refractivity contribution in [2.45, 2.75) is 0 Å². The standard InChI is InChI=1S/C18H11Cl2N3O3S/c1-25-10-5-6-13-9(7-10)8-14(26-13)17-22-23-18(27-17)21-16(24)15-11(19)3-2-4-12(15)20/h2-8H,1H3,(H,21,23,24). The van der Waals surface area contributed by atoms with Crippen molar-refractivity contribution >= 4 is 56.5 Å². The lowest BCUT2D eigenvalue weighted by Crippen LogP contribution is -2.12. The number of ether oxygens (including phenoxy) is 1. The van der Waals surface area contributed by atoms with Crippen molar-refractivity contribution in [3.05, 3.63) is 58.1 Å². The minimum Gasteiger partial charge on any atom is -0.497 e.